The Morgan fingerprint density at radius 1 is 1.38 bits per heavy atom. The Balaban J connectivity index is 2.39. The highest BCUT2D eigenvalue weighted by molar-refractivity contribution is 5.98. The third-order valence-electron chi connectivity index (χ3n) is 2.45. The molecule has 0 saturated heterocycles. The second-order valence-corrected chi connectivity index (χ2v) is 4.38. The molecular formula is C13H20N2O. The number of para-hydroxylation sites is 1. The third kappa shape index (κ3) is 3.93. The second kappa shape index (κ2) is 6.16. The molecule has 0 aliphatic carbocycles. The largest absolute Gasteiger partial charge is 0.398 e. The first-order chi connectivity index (χ1) is 7.61. The summed E-state index contributed by atoms with van der Waals surface area (Å²) in [5.74, 6) is 0.598. The zero-order chi connectivity index (χ0) is 12.0. The number of anilines is 1. The van der Waals surface area contributed by atoms with E-state index in [2.05, 4.69) is 19.2 Å². The van der Waals surface area contributed by atoms with E-state index in [4.69, 9.17) is 5.73 Å². The van der Waals surface area contributed by atoms with Crippen molar-refractivity contribution >= 4 is 11.6 Å². The lowest BCUT2D eigenvalue weighted by Crippen LogP contribution is -2.25. The lowest BCUT2D eigenvalue weighted by atomic mass is 10.1. The first-order valence-electron chi connectivity index (χ1n) is 5.74. The molecule has 0 radical (unpaired) electrons. The monoisotopic (exact) mass is 220 g/mol. The van der Waals surface area contributed by atoms with E-state index in [9.17, 15) is 4.79 Å². The first-order valence-corrected chi connectivity index (χ1v) is 5.74. The Morgan fingerprint density at radius 2 is 2.06 bits per heavy atom. The quantitative estimate of drug-likeness (QED) is 0.591. The zero-order valence-corrected chi connectivity index (χ0v) is 9.99. The van der Waals surface area contributed by atoms with Gasteiger partial charge >= 0.3 is 0 Å². The number of nitrogens with two attached hydrogens (primary N) is 1. The first kappa shape index (κ1) is 12.6. The average molecular weight is 220 g/mol. The van der Waals surface area contributed by atoms with Crippen LogP contribution in [0.3, 0.4) is 0 Å². The third-order valence-corrected chi connectivity index (χ3v) is 2.45. The number of nitrogens with one attached hydrogen (secondary N) is 1. The van der Waals surface area contributed by atoms with Gasteiger partial charge in [-0.3, -0.25) is 4.79 Å². The molecule has 0 bridgehead atoms. The normalized spacial score (nSPS) is 10.4. The van der Waals surface area contributed by atoms with Crippen molar-refractivity contribution in [3.8, 4) is 0 Å². The van der Waals surface area contributed by atoms with Crippen LogP contribution >= 0.6 is 0 Å². The predicted molar refractivity (Wildman–Crippen MR) is 67.3 cm³/mol. The lowest BCUT2D eigenvalue weighted by molar-refractivity contribution is 0.0953. The molecular weight excluding hydrogens is 200 g/mol. The Hall–Kier alpha value is -1.51. The van der Waals surface area contributed by atoms with Crippen LogP contribution in [0.5, 0.6) is 0 Å². The fourth-order valence-corrected chi connectivity index (χ4v) is 1.51. The van der Waals surface area contributed by atoms with E-state index in [0.717, 1.165) is 12.8 Å². The van der Waals surface area contributed by atoms with E-state index in [1.54, 1.807) is 12.1 Å². The van der Waals surface area contributed by atoms with Crippen molar-refractivity contribution in [1.29, 1.82) is 0 Å². The molecule has 16 heavy (non-hydrogen) atoms. The minimum atomic E-state index is -0.0816. The molecule has 3 heteroatoms. The SMILES string of the molecule is CC(C)CCCNC(=O)c1ccccc1N. The van der Waals surface area contributed by atoms with Crippen molar-refractivity contribution in [3.63, 3.8) is 0 Å². The van der Waals surface area contributed by atoms with Crippen molar-refractivity contribution in [2.45, 2.75) is 26.7 Å². The molecule has 0 saturated carbocycles. The summed E-state index contributed by atoms with van der Waals surface area (Å²) >= 11 is 0. The molecule has 1 aromatic carbocycles. The Labute approximate surface area is 97.0 Å². The fraction of sp³-hybridized carbons (Fsp3) is 0.462. The van der Waals surface area contributed by atoms with Crippen LogP contribution in [-0.4, -0.2) is 12.5 Å². The number of hydrogen-bond donors (Lipinski definition) is 2. The van der Waals surface area contributed by atoms with Gasteiger partial charge in [-0.15, -0.1) is 0 Å². The van der Waals surface area contributed by atoms with Gasteiger partial charge in [-0.1, -0.05) is 26.0 Å². The summed E-state index contributed by atoms with van der Waals surface area (Å²) in [6.07, 6.45) is 2.14. The highest BCUT2D eigenvalue weighted by Gasteiger charge is 2.07. The molecule has 3 N–H and O–H groups in total. The minimum Gasteiger partial charge on any atom is -0.398 e. The maximum absolute atomic E-state index is 11.7. The Kier molecular flexibility index (Phi) is 4.83. The van der Waals surface area contributed by atoms with E-state index in [1.165, 1.54) is 0 Å². The predicted octanol–water partition coefficient (Wildman–Crippen LogP) is 2.43. The molecule has 0 aromatic heterocycles. The summed E-state index contributed by atoms with van der Waals surface area (Å²) in [6.45, 7) is 5.07. The number of carbonyl (C=O) groups excluding carboxylic acids is 1. The van der Waals surface area contributed by atoms with Crippen LogP contribution in [0.25, 0.3) is 0 Å². The van der Waals surface area contributed by atoms with Gasteiger partial charge in [-0.05, 0) is 30.9 Å². The van der Waals surface area contributed by atoms with Crippen LogP contribution in [0, 0.1) is 5.92 Å². The summed E-state index contributed by atoms with van der Waals surface area (Å²) in [6, 6.07) is 7.13. The van der Waals surface area contributed by atoms with Crippen LogP contribution in [-0.2, 0) is 0 Å². The molecule has 0 aliphatic rings. The summed E-state index contributed by atoms with van der Waals surface area (Å²) in [7, 11) is 0. The van der Waals surface area contributed by atoms with Crippen molar-refractivity contribution in [1.82, 2.24) is 5.32 Å². The number of hydrogen-bond acceptors (Lipinski definition) is 2. The smallest absolute Gasteiger partial charge is 0.253 e. The molecule has 0 unspecified atom stereocenters. The molecule has 3 nitrogen and oxygen atoms in total. The molecule has 88 valence electrons. The minimum absolute atomic E-state index is 0.0816. The van der Waals surface area contributed by atoms with Gasteiger partial charge in [-0.2, -0.15) is 0 Å². The summed E-state index contributed by atoms with van der Waals surface area (Å²) in [5, 5.41) is 2.88. The lowest BCUT2D eigenvalue weighted by Gasteiger charge is -2.08. The summed E-state index contributed by atoms with van der Waals surface area (Å²) < 4.78 is 0. The topological polar surface area (TPSA) is 55.1 Å². The van der Waals surface area contributed by atoms with Gasteiger partial charge in [0.2, 0.25) is 0 Å². The van der Waals surface area contributed by atoms with Crippen LogP contribution in [0.15, 0.2) is 24.3 Å². The number of amides is 1. The van der Waals surface area contributed by atoms with Crippen LogP contribution < -0.4 is 11.1 Å². The highest BCUT2D eigenvalue weighted by atomic mass is 16.1. The van der Waals surface area contributed by atoms with Gasteiger partial charge in [0.25, 0.3) is 5.91 Å². The van der Waals surface area contributed by atoms with Crippen LogP contribution in [0.1, 0.15) is 37.0 Å². The van der Waals surface area contributed by atoms with Gasteiger partial charge in [0.15, 0.2) is 0 Å². The second-order valence-electron chi connectivity index (χ2n) is 4.38. The van der Waals surface area contributed by atoms with E-state index < -0.39 is 0 Å². The number of benzene rings is 1. The van der Waals surface area contributed by atoms with Crippen LogP contribution in [0.2, 0.25) is 0 Å². The molecule has 1 amide bonds. The Morgan fingerprint density at radius 3 is 2.69 bits per heavy atom. The molecule has 0 heterocycles. The van der Waals surface area contributed by atoms with Crippen LogP contribution in [0.4, 0.5) is 5.69 Å². The molecule has 0 atom stereocenters. The number of carbonyl (C=O) groups is 1. The van der Waals surface area contributed by atoms with E-state index in [-0.39, 0.29) is 5.91 Å². The highest BCUT2D eigenvalue weighted by Crippen LogP contribution is 2.10. The van der Waals surface area contributed by atoms with Gasteiger partial charge < -0.3 is 11.1 Å². The number of nitrogen functional groups attached to an aromatic ring is 1. The van der Waals surface area contributed by atoms with E-state index >= 15 is 0 Å². The maximum Gasteiger partial charge on any atom is 0.253 e. The zero-order valence-electron chi connectivity index (χ0n) is 9.99. The summed E-state index contributed by atoms with van der Waals surface area (Å²) in [5.41, 5.74) is 6.81. The van der Waals surface area contributed by atoms with E-state index in [0.29, 0.717) is 23.7 Å². The molecule has 0 fully saturated rings. The number of rotatable bonds is 5. The van der Waals surface area contributed by atoms with Gasteiger partial charge in [0, 0.05) is 12.2 Å². The van der Waals surface area contributed by atoms with Gasteiger partial charge in [0.05, 0.1) is 5.56 Å². The van der Waals surface area contributed by atoms with Crippen molar-refractivity contribution < 1.29 is 4.79 Å². The maximum atomic E-state index is 11.7. The van der Waals surface area contributed by atoms with E-state index in [1.807, 2.05) is 12.1 Å². The fourth-order valence-electron chi connectivity index (χ4n) is 1.51. The molecule has 1 rings (SSSR count). The van der Waals surface area contributed by atoms with Crippen molar-refractivity contribution in [3.05, 3.63) is 29.8 Å². The molecule has 1 aromatic rings. The standard InChI is InChI=1S/C13H20N2O/c1-10(2)6-5-9-15-13(16)11-7-3-4-8-12(11)14/h3-4,7-8,10H,5-6,9,14H2,1-2H3,(H,15,16). The molecule has 0 spiro atoms. The van der Waals surface area contributed by atoms with Gasteiger partial charge in [0.1, 0.15) is 0 Å². The average Bonchev–Trinajstić information content (AvgIpc) is 2.24. The Bertz CT molecular complexity index is 348. The summed E-state index contributed by atoms with van der Waals surface area (Å²) in [4.78, 5) is 11.7. The molecule has 0 aliphatic heterocycles. The van der Waals surface area contributed by atoms with Crippen molar-refractivity contribution in [2.75, 3.05) is 12.3 Å². The van der Waals surface area contributed by atoms with Gasteiger partial charge in [-0.25, -0.2) is 0 Å². The van der Waals surface area contributed by atoms with Crippen molar-refractivity contribution in [2.24, 2.45) is 5.92 Å².